The van der Waals surface area contributed by atoms with Crippen molar-refractivity contribution >= 4 is 16.8 Å². The molecule has 0 radical (unpaired) electrons. The number of aromatic nitrogens is 1. The van der Waals surface area contributed by atoms with Crippen molar-refractivity contribution in [3.8, 4) is 6.07 Å². The van der Waals surface area contributed by atoms with Gasteiger partial charge < -0.3 is 0 Å². The zero-order valence-electron chi connectivity index (χ0n) is 6.97. The van der Waals surface area contributed by atoms with Crippen LogP contribution in [0.15, 0.2) is 6.07 Å². The van der Waals surface area contributed by atoms with Gasteiger partial charge in [-0.2, -0.15) is 5.26 Å². The molecule has 15 heavy (non-hydrogen) atoms. The van der Waals surface area contributed by atoms with E-state index in [1.165, 1.54) is 6.07 Å². The van der Waals surface area contributed by atoms with Crippen LogP contribution in [0.2, 0.25) is 0 Å². The quantitative estimate of drug-likeness (QED) is 0.739. The Labute approximate surface area is 87.1 Å². The Balaban J connectivity index is 3.47. The highest BCUT2D eigenvalue weighted by Crippen LogP contribution is 2.23. The summed E-state index contributed by atoms with van der Waals surface area (Å²) in [6.45, 7) is 0. The Bertz CT molecular complexity index is 456. The average Bonchev–Trinajstić information content (AvgIpc) is 2.16. The Kier molecular flexibility index (Phi) is 3.27. The van der Waals surface area contributed by atoms with Crippen molar-refractivity contribution in [1.82, 2.24) is 4.98 Å². The first-order valence-electron chi connectivity index (χ1n) is 3.56. The summed E-state index contributed by atoms with van der Waals surface area (Å²) in [6, 6.07) is 1.76. The molecule has 1 aromatic rings. The fraction of sp³-hybridized carbons (Fsp3) is 0.125. The number of hydrogen-bond acceptors (Lipinski definition) is 3. The molecule has 0 fully saturated rings. The van der Waals surface area contributed by atoms with Crippen LogP contribution in [0.1, 0.15) is 28.2 Å². The predicted octanol–water partition coefficient (Wildman–Crippen LogP) is 2.41. The molecule has 7 heteroatoms. The molecule has 78 valence electrons. The monoisotopic (exact) mass is 234 g/mol. The number of carbonyl (C=O) groups excluding carboxylic acids is 1. The Hall–Kier alpha value is -1.61. The third kappa shape index (κ3) is 2.25. The minimum Gasteiger partial charge on any atom is -0.276 e. The molecule has 1 rings (SSSR count). The number of nitrogens with zero attached hydrogens (tertiary/aromatic N) is 2. The number of carbonyl (C=O) groups is 1. The van der Waals surface area contributed by atoms with Crippen LogP contribution in [-0.2, 0) is 0 Å². The molecular formula is C8H2ClF3N2O. The van der Waals surface area contributed by atoms with Gasteiger partial charge in [0.05, 0.1) is 5.56 Å². The highest BCUT2D eigenvalue weighted by molar-refractivity contribution is 6.67. The van der Waals surface area contributed by atoms with Gasteiger partial charge in [-0.15, -0.1) is 0 Å². The van der Waals surface area contributed by atoms with Crippen LogP contribution >= 0.6 is 11.6 Å². The number of pyridine rings is 1. The number of alkyl halides is 2. The Morgan fingerprint density at radius 3 is 2.60 bits per heavy atom. The first-order chi connectivity index (χ1) is 6.97. The Morgan fingerprint density at radius 1 is 1.60 bits per heavy atom. The van der Waals surface area contributed by atoms with Crippen LogP contribution in [0.5, 0.6) is 0 Å². The van der Waals surface area contributed by atoms with E-state index in [0.717, 1.165) is 0 Å². The Morgan fingerprint density at radius 2 is 2.20 bits per heavy atom. The third-order valence-corrected chi connectivity index (χ3v) is 1.73. The molecule has 0 aliphatic carbocycles. The van der Waals surface area contributed by atoms with E-state index in [9.17, 15) is 18.0 Å². The van der Waals surface area contributed by atoms with Crippen LogP contribution in [0.25, 0.3) is 0 Å². The highest BCUT2D eigenvalue weighted by Gasteiger charge is 2.22. The van der Waals surface area contributed by atoms with Crippen molar-refractivity contribution in [3.05, 3.63) is 28.8 Å². The molecule has 0 spiro atoms. The molecule has 1 heterocycles. The van der Waals surface area contributed by atoms with E-state index < -0.39 is 34.4 Å². The number of rotatable bonds is 2. The fourth-order valence-electron chi connectivity index (χ4n) is 0.905. The highest BCUT2D eigenvalue weighted by atomic mass is 35.5. The molecule has 0 aromatic carbocycles. The summed E-state index contributed by atoms with van der Waals surface area (Å²) in [6.07, 6.45) is -3.10. The van der Waals surface area contributed by atoms with Crippen LogP contribution in [0, 0.1) is 17.1 Å². The van der Waals surface area contributed by atoms with Gasteiger partial charge in [0.2, 0.25) is 0 Å². The molecular weight excluding hydrogens is 233 g/mol. The lowest BCUT2D eigenvalue weighted by Crippen LogP contribution is -2.05. The van der Waals surface area contributed by atoms with Crippen molar-refractivity contribution < 1.29 is 18.0 Å². The lowest BCUT2D eigenvalue weighted by atomic mass is 10.2. The first-order valence-corrected chi connectivity index (χ1v) is 3.93. The second kappa shape index (κ2) is 4.28. The number of nitriles is 1. The normalized spacial score (nSPS) is 10.1. The molecule has 0 unspecified atom stereocenters. The van der Waals surface area contributed by atoms with Crippen molar-refractivity contribution in [2.24, 2.45) is 0 Å². The minimum atomic E-state index is -3.10. The summed E-state index contributed by atoms with van der Waals surface area (Å²) in [7, 11) is 0. The van der Waals surface area contributed by atoms with Gasteiger partial charge in [0.15, 0.2) is 11.5 Å². The van der Waals surface area contributed by atoms with Crippen LogP contribution < -0.4 is 0 Å². The molecule has 0 amide bonds. The lowest BCUT2D eigenvalue weighted by Gasteiger charge is -2.04. The van der Waals surface area contributed by atoms with E-state index in [4.69, 9.17) is 16.9 Å². The van der Waals surface area contributed by atoms with Gasteiger partial charge in [-0.1, -0.05) is 0 Å². The van der Waals surface area contributed by atoms with E-state index >= 15 is 0 Å². The summed E-state index contributed by atoms with van der Waals surface area (Å²) in [5.41, 5.74) is -2.52. The van der Waals surface area contributed by atoms with Crippen molar-refractivity contribution in [2.75, 3.05) is 0 Å². The second-order valence-electron chi connectivity index (χ2n) is 2.44. The summed E-state index contributed by atoms with van der Waals surface area (Å²) >= 11 is 4.96. The third-order valence-electron chi connectivity index (χ3n) is 1.53. The van der Waals surface area contributed by atoms with Gasteiger partial charge >= 0.3 is 0 Å². The van der Waals surface area contributed by atoms with Gasteiger partial charge in [0.1, 0.15) is 11.8 Å². The SMILES string of the molecule is N#Cc1nc(C(F)F)c(C(=O)Cl)cc1F. The predicted molar refractivity (Wildman–Crippen MR) is 44.1 cm³/mol. The molecule has 0 aliphatic heterocycles. The zero-order chi connectivity index (χ0) is 11.6. The molecule has 1 aromatic heterocycles. The van der Waals surface area contributed by atoms with Gasteiger partial charge in [0, 0.05) is 0 Å². The molecule has 0 atom stereocenters. The molecule has 0 N–H and O–H groups in total. The maximum absolute atomic E-state index is 12.9. The standard InChI is InChI=1S/C8H2ClF3N2O/c9-7(15)3-1-4(10)5(2-13)14-6(3)8(11)12/h1,8H. The average molecular weight is 235 g/mol. The van der Waals surface area contributed by atoms with Crippen molar-refractivity contribution in [1.29, 1.82) is 5.26 Å². The van der Waals surface area contributed by atoms with Crippen molar-refractivity contribution in [3.63, 3.8) is 0 Å². The van der Waals surface area contributed by atoms with Crippen molar-refractivity contribution in [2.45, 2.75) is 6.43 Å². The largest absolute Gasteiger partial charge is 0.281 e. The zero-order valence-corrected chi connectivity index (χ0v) is 7.73. The molecule has 3 nitrogen and oxygen atoms in total. The molecule has 0 aliphatic rings. The lowest BCUT2D eigenvalue weighted by molar-refractivity contribution is 0.106. The summed E-state index contributed by atoms with van der Waals surface area (Å²) < 4.78 is 37.6. The van der Waals surface area contributed by atoms with E-state index in [1.54, 1.807) is 0 Å². The maximum Gasteiger partial charge on any atom is 0.281 e. The fourth-order valence-corrected chi connectivity index (χ4v) is 1.06. The van der Waals surface area contributed by atoms with Crippen LogP contribution in [0.4, 0.5) is 13.2 Å². The molecule has 0 saturated heterocycles. The van der Waals surface area contributed by atoms with Gasteiger partial charge in [-0.05, 0) is 17.7 Å². The van der Waals surface area contributed by atoms with E-state index in [2.05, 4.69) is 4.98 Å². The maximum atomic E-state index is 12.9. The van der Waals surface area contributed by atoms with Gasteiger partial charge in [-0.3, -0.25) is 4.79 Å². The second-order valence-corrected chi connectivity index (χ2v) is 2.78. The van der Waals surface area contributed by atoms with Gasteiger partial charge in [0.25, 0.3) is 11.7 Å². The summed E-state index contributed by atoms with van der Waals surface area (Å²) in [5.74, 6) is -1.16. The smallest absolute Gasteiger partial charge is 0.276 e. The van der Waals surface area contributed by atoms with E-state index in [-0.39, 0.29) is 0 Å². The number of hydrogen-bond donors (Lipinski definition) is 0. The van der Waals surface area contributed by atoms with E-state index in [1.807, 2.05) is 0 Å². The summed E-state index contributed by atoms with van der Waals surface area (Å²) in [5, 5.41) is 7.09. The number of halogens is 4. The van der Waals surface area contributed by atoms with Crippen LogP contribution in [-0.4, -0.2) is 10.2 Å². The first kappa shape index (κ1) is 11.5. The van der Waals surface area contributed by atoms with Gasteiger partial charge in [-0.25, -0.2) is 18.2 Å². The van der Waals surface area contributed by atoms with E-state index in [0.29, 0.717) is 6.07 Å². The summed E-state index contributed by atoms with van der Waals surface area (Å²) in [4.78, 5) is 13.7. The molecule has 0 saturated carbocycles. The molecule has 0 bridgehead atoms. The topological polar surface area (TPSA) is 53.8 Å². The van der Waals surface area contributed by atoms with Crippen LogP contribution in [0.3, 0.4) is 0 Å². The minimum absolute atomic E-state index is 0.475.